The predicted molar refractivity (Wildman–Crippen MR) is 124 cm³/mol. The molecule has 0 spiro atoms. The Morgan fingerprint density at radius 2 is 1.80 bits per heavy atom. The summed E-state index contributed by atoms with van der Waals surface area (Å²) in [4.78, 5) is 43.2. The van der Waals surface area contributed by atoms with E-state index in [1.54, 1.807) is 30.3 Å². The van der Waals surface area contributed by atoms with Crippen LogP contribution in [0, 0.1) is 0 Å². The van der Waals surface area contributed by atoms with Crippen molar-refractivity contribution < 1.29 is 29.1 Å². The number of amides is 2. The molecule has 14 heteroatoms. The van der Waals surface area contributed by atoms with Gasteiger partial charge in [-0.15, -0.1) is 0 Å². The largest absolute Gasteiger partial charge is 0.481 e. The third kappa shape index (κ3) is 9.67. The fraction of sp³-hybridized carbons (Fsp3) is 0.429. The molecular formula is C21H30N8O6. The molecule has 0 aliphatic carbocycles. The van der Waals surface area contributed by atoms with E-state index in [1.165, 1.54) is 0 Å². The Kier molecular flexibility index (Phi) is 10.4. The van der Waals surface area contributed by atoms with Crippen LogP contribution in [0.15, 0.2) is 39.8 Å². The van der Waals surface area contributed by atoms with Gasteiger partial charge in [0.2, 0.25) is 5.89 Å². The van der Waals surface area contributed by atoms with E-state index in [2.05, 4.69) is 25.8 Å². The molecule has 0 saturated carbocycles. The van der Waals surface area contributed by atoms with Gasteiger partial charge in [0, 0.05) is 19.4 Å². The highest BCUT2D eigenvalue weighted by Crippen LogP contribution is 2.20. The zero-order valence-corrected chi connectivity index (χ0v) is 19.0. The Morgan fingerprint density at radius 1 is 1.09 bits per heavy atom. The predicted octanol–water partition coefficient (Wildman–Crippen LogP) is 0.0240. The molecule has 1 heterocycles. The second-order valence-corrected chi connectivity index (χ2v) is 7.73. The summed E-state index contributed by atoms with van der Waals surface area (Å²) in [5.41, 5.74) is 17.3. The van der Waals surface area contributed by atoms with E-state index in [-0.39, 0.29) is 49.9 Å². The number of nitrogens with zero attached hydrogens (tertiary/aromatic N) is 3. The number of carbonyl (C=O) groups is 3. The second-order valence-electron chi connectivity index (χ2n) is 7.73. The van der Waals surface area contributed by atoms with Crippen LogP contribution in [0.3, 0.4) is 0 Å². The molecule has 1 aromatic carbocycles. The highest BCUT2D eigenvalue weighted by atomic mass is 16.5. The monoisotopic (exact) mass is 490 g/mol. The van der Waals surface area contributed by atoms with Crippen molar-refractivity contribution in [3.63, 3.8) is 0 Å². The van der Waals surface area contributed by atoms with Gasteiger partial charge in [-0.05, 0) is 24.8 Å². The Morgan fingerprint density at radius 3 is 2.43 bits per heavy atom. The number of carboxylic acid groups (broad SMARTS) is 2. The Labute approximate surface area is 201 Å². The number of aliphatic imine (C=N–C) groups is 1. The number of aliphatic carboxylic acids is 2. The number of rotatable bonds is 14. The molecule has 0 unspecified atom stereocenters. The average molecular weight is 491 g/mol. The summed E-state index contributed by atoms with van der Waals surface area (Å²) in [6.45, 7) is 0.271. The number of benzene rings is 1. The van der Waals surface area contributed by atoms with E-state index in [9.17, 15) is 19.5 Å². The highest BCUT2D eigenvalue weighted by molar-refractivity contribution is 5.83. The van der Waals surface area contributed by atoms with Crippen molar-refractivity contribution >= 4 is 23.9 Å². The van der Waals surface area contributed by atoms with E-state index in [0.29, 0.717) is 6.42 Å². The van der Waals surface area contributed by atoms with Crippen LogP contribution >= 0.6 is 0 Å². The third-order valence-electron chi connectivity index (χ3n) is 4.89. The van der Waals surface area contributed by atoms with Crippen molar-refractivity contribution in [2.45, 2.75) is 50.2 Å². The SMILES string of the molecule is NC(N)=NCCC[C@H](NC(=O)N[C@@H](Cc1ccccc1)C(=O)O)c1nc([C@@H](N)CCC(=O)O)no1. The number of nitrogens with two attached hydrogens (primary N) is 3. The van der Waals surface area contributed by atoms with Gasteiger partial charge in [-0.1, -0.05) is 35.5 Å². The van der Waals surface area contributed by atoms with Gasteiger partial charge in [-0.25, -0.2) is 9.59 Å². The molecule has 1 aromatic heterocycles. The van der Waals surface area contributed by atoms with Crippen LogP contribution in [0.1, 0.15) is 55.0 Å². The molecule has 10 N–H and O–H groups in total. The Hall–Kier alpha value is -4.20. The van der Waals surface area contributed by atoms with Crippen LogP contribution in [-0.4, -0.2) is 56.9 Å². The van der Waals surface area contributed by atoms with E-state index in [4.69, 9.17) is 26.8 Å². The van der Waals surface area contributed by atoms with Crippen LogP contribution in [0.25, 0.3) is 0 Å². The van der Waals surface area contributed by atoms with Gasteiger partial charge >= 0.3 is 18.0 Å². The molecule has 0 fully saturated rings. The lowest BCUT2D eigenvalue weighted by Gasteiger charge is -2.19. The van der Waals surface area contributed by atoms with Crippen molar-refractivity contribution in [1.82, 2.24) is 20.8 Å². The summed E-state index contributed by atoms with van der Waals surface area (Å²) < 4.78 is 5.25. The summed E-state index contributed by atoms with van der Waals surface area (Å²) in [5, 5.41) is 27.2. The molecule has 3 atom stereocenters. The number of carboxylic acids is 2. The van der Waals surface area contributed by atoms with Gasteiger partial charge in [-0.3, -0.25) is 9.79 Å². The maximum atomic E-state index is 12.7. The van der Waals surface area contributed by atoms with Gasteiger partial charge in [0.1, 0.15) is 12.1 Å². The maximum absolute atomic E-state index is 12.7. The molecule has 2 amide bonds. The molecule has 0 aliphatic heterocycles. The number of urea groups is 1. The number of aromatic nitrogens is 2. The molecule has 2 rings (SSSR count). The topological polar surface area (TPSA) is 245 Å². The van der Waals surface area contributed by atoms with Crippen molar-refractivity contribution in [3.05, 3.63) is 47.6 Å². The van der Waals surface area contributed by atoms with Crippen molar-refractivity contribution in [2.24, 2.45) is 22.2 Å². The minimum absolute atomic E-state index is 0.0283. The molecule has 190 valence electrons. The molecule has 35 heavy (non-hydrogen) atoms. The quantitative estimate of drug-likeness (QED) is 0.106. The normalized spacial score (nSPS) is 13.3. The summed E-state index contributed by atoms with van der Waals surface area (Å²) >= 11 is 0. The molecule has 0 aliphatic rings. The van der Waals surface area contributed by atoms with Gasteiger partial charge in [0.25, 0.3) is 0 Å². The second kappa shape index (κ2) is 13.5. The van der Waals surface area contributed by atoms with Gasteiger partial charge in [-0.2, -0.15) is 4.98 Å². The minimum atomic E-state index is -1.20. The van der Waals surface area contributed by atoms with Crippen LogP contribution in [-0.2, 0) is 16.0 Å². The fourth-order valence-electron chi connectivity index (χ4n) is 3.12. The first-order chi connectivity index (χ1) is 16.7. The minimum Gasteiger partial charge on any atom is -0.481 e. The van der Waals surface area contributed by atoms with Crippen molar-refractivity contribution in [3.8, 4) is 0 Å². The summed E-state index contributed by atoms with van der Waals surface area (Å²) in [5.74, 6) is -2.17. The standard InChI is InChI=1S/C21H30N8O6/c22-13(8-9-16(30)31)17-28-18(35-29-17)14(7-4-10-25-20(23)24)26-21(34)27-15(19(32)33)11-12-5-2-1-3-6-12/h1-3,5-6,13-15H,4,7-11,22H2,(H,30,31)(H,32,33)(H4,23,24,25)(H2,26,27,34)/t13-,14-,15-/m0/s1. The number of carbonyl (C=O) groups excluding carboxylic acids is 1. The van der Waals surface area contributed by atoms with E-state index < -0.39 is 36.1 Å². The lowest BCUT2D eigenvalue weighted by molar-refractivity contribution is -0.139. The highest BCUT2D eigenvalue weighted by Gasteiger charge is 2.26. The molecule has 14 nitrogen and oxygen atoms in total. The number of guanidine groups is 1. The number of hydrogen-bond acceptors (Lipinski definition) is 8. The van der Waals surface area contributed by atoms with Crippen LogP contribution in [0.5, 0.6) is 0 Å². The van der Waals surface area contributed by atoms with Crippen molar-refractivity contribution in [2.75, 3.05) is 6.54 Å². The third-order valence-corrected chi connectivity index (χ3v) is 4.89. The number of nitrogens with one attached hydrogen (secondary N) is 2. The lowest BCUT2D eigenvalue weighted by atomic mass is 10.1. The first-order valence-electron chi connectivity index (χ1n) is 10.9. The average Bonchev–Trinajstić information content (AvgIpc) is 3.30. The molecule has 0 radical (unpaired) electrons. The van der Waals surface area contributed by atoms with Crippen LogP contribution < -0.4 is 27.8 Å². The lowest BCUT2D eigenvalue weighted by Crippen LogP contribution is -2.48. The fourth-order valence-corrected chi connectivity index (χ4v) is 3.12. The summed E-state index contributed by atoms with van der Waals surface area (Å²) in [6, 6.07) is 5.36. The van der Waals surface area contributed by atoms with E-state index in [0.717, 1.165) is 5.56 Å². The first kappa shape index (κ1) is 27.0. The Bertz CT molecular complexity index is 1010. The zero-order chi connectivity index (χ0) is 25.8. The van der Waals surface area contributed by atoms with Gasteiger partial charge in [0.15, 0.2) is 11.8 Å². The Balaban J connectivity index is 2.09. The molecule has 0 saturated heterocycles. The van der Waals surface area contributed by atoms with E-state index >= 15 is 0 Å². The molecule has 0 bridgehead atoms. The van der Waals surface area contributed by atoms with Crippen LogP contribution in [0.2, 0.25) is 0 Å². The number of hydrogen-bond donors (Lipinski definition) is 7. The van der Waals surface area contributed by atoms with Crippen LogP contribution in [0.4, 0.5) is 4.79 Å². The van der Waals surface area contributed by atoms with Gasteiger partial charge in [0.05, 0.1) is 6.04 Å². The van der Waals surface area contributed by atoms with Gasteiger partial charge < -0.3 is 42.6 Å². The maximum Gasteiger partial charge on any atom is 0.326 e. The summed E-state index contributed by atoms with van der Waals surface area (Å²) in [7, 11) is 0. The zero-order valence-electron chi connectivity index (χ0n) is 19.0. The molecule has 2 aromatic rings. The first-order valence-corrected chi connectivity index (χ1v) is 10.9. The smallest absolute Gasteiger partial charge is 0.326 e. The van der Waals surface area contributed by atoms with Crippen molar-refractivity contribution in [1.29, 1.82) is 0 Å². The molecular weight excluding hydrogens is 460 g/mol. The van der Waals surface area contributed by atoms with E-state index in [1.807, 2.05) is 0 Å². The summed E-state index contributed by atoms with van der Waals surface area (Å²) in [6.07, 6.45) is 0.718.